The molecule has 1 aromatic heterocycles. The smallest absolute Gasteiger partial charge is 0.276 e. The molecule has 1 aliphatic heterocycles. The summed E-state index contributed by atoms with van der Waals surface area (Å²) in [4.78, 5) is 16.8. The molecule has 104 valence electrons. The van der Waals surface area contributed by atoms with Gasteiger partial charge in [-0.3, -0.25) is 10.1 Å². The number of nitrogens with one attached hydrogen (secondary N) is 1. The van der Waals surface area contributed by atoms with Crippen molar-refractivity contribution in [3.8, 4) is 0 Å². The highest BCUT2D eigenvalue weighted by atomic mass is 16.6. The van der Waals surface area contributed by atoms with Crippen LogP contribution in [0.2, 0.25) is 0 Å². The van der Waals surface area contributed by atoms with Crippen LogP contribution in [0.3, 0.4) is 0 Å². The number of nitrogens with zero attached hydrogens (tertiary/aromatic N) is 3. The van der Waals surface area contributed by atoms with Crippen molar-refractivity contribution >= 4 is 17.3 Å². The molecule has 2 rings (SSSR count). The third-order valence-electron chi connectivity index (χ3n) is 3.15. The number of hydrazine groups is 1. The average Bonchev–Trinajstić information content (AvgIpc) is 2.46. The van der Waals surface area contributed by atoms with E-state index in [2.05, 4.69) is 10.4 Å². The fraction of sp³-hybridized carbons (Fsp3) is 0.545. The number of anilines is 2. The zero-order chi connectivity index (χ0) is 13.8. The summed E-state index contributed by atoms with van der Waals surface area (Å²) in [5, 5.41) is 10.9. The molecule has 0 saturated carbocycles. The molecule has 0 aromatic carbocycles. The molecule has 0 aliphatic carbocycles. The lowest BCUT2D eigenvalue weighted by atomic mass is 10.1. The Kier molecular flexibility index (Phi) is 4.13. The first-order valence-electron chi connectivity index (χ1n) is 6.13. The van der Waals surface area contributed by atoms with Gasteiger partial charge in [0.05, 0.1) is 36.3 Å². The Morgan fingerprint density at radius 3 is 3.11 bits per heavy atom. The van der Waals surface area contributed by atoms with E-state index in [1.807, 2.05) is 11.8 Å². The summed E-state index contributed by atoms with van der Waals surface area (Å²) in [6.07, 6.45) is 0.885. The van der Waals surface area contributed by atoms with Gasteiger partial charge in [0, 0.05) is 6.54 Å². The molecule has 8 heteroatoms. The predicted molar refractivity (Wildman–Crippen MR) is 70.9 cm³/mol. The number of morpholine rings is 1. The topological polar surface area (TPSA) is 107 Å². The number of pyridine rings is 1. The Hall–Kier alpha value is -1.93. The van der Waals surface area contributed by atoms with Gasteiger partial charge in [0.25, 0.3) is 5.69 Å². The molecule has 1 saturated heterocycles. The number of aromatic nitrogens is 1. The second-order valence-corrected chi connectivity index (χ2v) is 4.30. The quantitative estimate of drug-likeness (QED) is 0.474. The average molecular weight is 267 g/mol. The number of nitrogen functional groups attached to an aromatic ring is 1. The zero-order valence-electron chi connectivity index (χ0n) is 10.7. The molecule has 0 spiro atoms. The lowest BCUT2D eigenvalue weighted by molar-refractivity contribution is -0.384. The molecule has 1 aliphatic rings. The van der Waals surface area contributed by atoms with E-state index in [1.54, 1.807) is 0 Å². The minimum absolute atomic E-state index is 0.0284. The maximum atomic E-state index is 10.9. The first kappa shape index (κ1) is 13.5. The van der Waals surface area contributed by atoms with E-state index in [0.717, 1.165) is 6.42 Å². The molecule has 8 nitrogen and oxygen atoms in total. The summed E-state index contributed by atoms with van der Waals surface area (Å²) in [7, 11) is 0. The third-order valence-corrected chi connectivity index (χ3v) is 3.15. The highest BCUT2D eigenvalue weighted by molar-refractivity contribution is 5.56. The van der Waals surface area contributed by atoms with Crippen molar-refractivity contribution in [1.29, 1.82) is 0 Å². The minimum Gasteiger partial charge on any atom is -0.377 e. The van der Waals surface area contributed by atoms with Gasteiger partial charge in [-0.15, -0.1) is 0 Å². The monoisotopic (exact) mass is 267 g/mol. The molecular weight excluding hydrogens is 250 g/mol. The fourth-order valence-electron chi connectivity index (χ4n) is 2.12. The van der Waals surface area contributed by atoms with Crippen molar-refractivity contribution in [2.24, 2.45) is 5.84 Å². The van der Waals surface area contributed by atoms with Gasteiger partial charge in [0.2, 0.25) is 0 Å². The van der Waals surface area contributed by atoms with E-state index in [-0.39, 0.29) is 17.5 Å². The van der Waals surface area contributed by atoms with Crippen molar-refractivity contribution < 1.29 is 9.66 Å². The second-order valence-electron chi connectivity index (χ2n) is 4.30. The minimum atomic E-state index is -0.451. The maximum absolute atomic E-state index is 10.9. The van der Waals surface area contributed by atoms with Crippen molar-refractivity contribution in [1.82, 2.24) is 4.98 Å². The molecule has 1 unspecified atom stereocenters. The Morgan fingerprint density at radius 1 is 1.68 bits per heavy atom. The van der Waals surface area contributed by atoms with Crippen molar-refractivity contribution in [2.45, 2.75) is 19.4 Å². The van der Waals surface area contributed by atoms with E-state index in [1.165, 1.54) is 12.1 Å². The highest BCUT2D eigenvalue weighted by Gasteiger charge is 2.24. The number of ether oxygens (including phenoxy) is 1. The summed E-state index contributed by atoms with van der Waals surface area (Å²) in [5.74, 6) is 6.14. The van der Waals surface area contributed by atoms with Gasteiger partial charge in [0.15, 0.2) is 0 Å². The number of nitro groups is 1. The third kappa shape index (κ3) is 2.91. The van der Waals surface area contributed by atoms with E-state index in [4.69, 9.17) is 10.6 Å². The van der Waals surface area contributed by atoms with Crippen molar-refractivity contribution in [2.75, 3.05) is 30.1 Å². The number of hydrogen-bond donors (Lipinski definition) is 2. The fourth-order valence-corrected chi connectivity index (χ4v) is 2.12. The van der Waals surface area contributed by atoms with Crippen LogP contribution in [0.15, 0.2) is 12.1 Å². The van der Waals surface area contributed by atoms with Gasteiger partial charge >= 0.3 is 0 Å². The standard InChI is InChI=1S/C11H17N5O3/c1-2-8-7-19-4-3-15(8)11-6-9(16(17)18)5-10(13-11)14-12/h5-6,8H,2-4,7,12H2,1H3,(H,13,14). The normalized spacial score (nSPS) is 19.3. The lowest BCUT2D eigenvalue weighted by Crippen LogP contribution is -2.45. The van der Waals surface area contributed by atoms with Crippen molar-refractivity contribution in [3.05, 3.63) is 22.2 Å². The summed E-state index contributed by atoms with van der Waals surface area (Å²) in [6, 6.07) is 2.95. The van der Waals surface area contributed by atoms with Gasteiger partial charge in [0.1, 0.15) is 11.6 Å². The largest absolute Gasteiger partial charge is 0.377 e. The van der Waals surface area contributed by atoms with Gasteiger partial charge in [-0.05, 0) is 6.42 Å². The van der Waals surface area contributed by atoms with Crippen LogP contribution in [0.1, 0.15) is 13.3 Å². The molecular formula is C11H17N5O3. The number of rotatable bonds is 4. The molecule has 0 radical (unpaired) electrons. The Labute approximate surface area is 110 Å². The van der Waals surface area contributed by atoms with Crippen molar-refractivity contribution in [3.63, 3.8) is 0 Å². The molecule has 1 fully saturated rings. The summed E-state index contributed by atoms with van der Waals surface area (Å²) in [5.41, 5.74) is 2.33. The summed E-state index contributed by atoms with van der Waals surface area (Å²) in [6.45, 7) is 3.90. The first-order valence-corrected chi connectivity index (χ1v) is 6.13. The molecule has 2 heterocycles. The van der Waals surface area contributed by atoms with E-state index in [9.17, 15) is 10.1 Å². The highest BCUT2D eigenvalue weighted by Crippen LogP contribution is 2.26. The van der Waals surface area contributed by atoms with Gasteiger partial charge in [-0.2, -0.15) is 0 Å². The first-order chi connectivity index (χ1) is 9.15. The zero-order valence-corrected chi connectivity index (χ0v) is 10.7. The second kappa shape index (κ2) is 5.81. The molecule has 1 aromatic rings. The van der Waals surface area contributed by atoms with Crippen LogP contribution in [-0.2, 0) is 4.74 Å². The van der Waals surface area contributed by atoms with Crippen LogP contribution in [-0.4, -0.2) is 35.7 Å². The van der Waals surface area contributed by atoms with Crippen LogP contribution in [0.25, 0.3) is 0 Å². The maximum Gasteiger partial charge on any atom is 0.276 e. The molecule has 3 N–H and O–H groups in total. The lowest BCUT2D eigenvalue weighted by Gasteiger charge is -2.36. The van der Waals surface area contributed by atoms with E-state index < -0.39 is 4.92 Å². The Morgan fingerprint density at radius 2 is 2.47 bits per heavy atom. The molecule has 0 amide bonds. The van der Waals surface area contributed by atoms with E-state index >= 15 is 0 Å². The SMILES string of the molecule is CCC1COCCN1c1cc([N+](=O)[O-])cc(NN)n1. The van der Waals surface area contributed by atoms with Gasteiger partial charge < -0.3 is 15.1 Å². The molecule has 0 bridgehead atoms. The van der Waals surface area contributed by atoms with Gasteiger partial charge in [-0.25, -0.2) is 10.8 Å². The van der Waals surface area contributed by atoms with Crippen LogP contribution in [0, 0.1) is 10.1 Å². The summed E-state index contributed by atoms with van der Waals surface area (Å²) >= 11 is 0. The number of nitrogens with two attached hydrogens (primary N) is 1. The Balaban J connectivity index is 2.36. The van der Waals surface area contributed by atoms with Crippen LogP contribution < -0.4 is 16.2 Å². The number of hydrogen-bond acceptors (Lipinski definition) is 7. The Bertz CT molecular complexity index is 468. The van der Waals surface area contributed by atoms with E-state index in [0.29, 0.717) is 25.6 Å². The molecule has 19 heavy (non-hydrogen) atoms. The molecule has 1 atom stereocenters. The summed E-state index contributed by atoms with van der Waals surface area (Å²) < 4.78 is 5.42. The predicted octanol–water partition coefficient (Wildman–Crippen LogP) is 0.891. The van der Waals surface area contributed by atoms with Crippen LogP contribution in [0.4, 0.5) is 17.3 Å². The van der Waals surface area contributed by atoms with Gasteiger partial charge in [-0.1, -0.05) is 6.92 Å². The van der Waals surface area contributed by atoms with Crippen LogP contribution in [0.5, 0.6) is 0 Å². The van der Waals surface area contributed by atoms with Crippen LogP contribution >= 0.6 is 0 Å².